The number of amides is 9. The first-order valence-corrected chi connectivity index (χ1v) is 25.2. The Morgan fingerprint density at radius 1 is 0.579 bits per heavy atom. The Balaban J connectivity index is 3.51. The van der Waals surface area contributed by atoms with Crippen molar-refractivity contribution in [2.24, 2.45) is 51.6 Å². The van der Waals surface area contributed by atoms with Crippen molar-refractivity contribution in [1.82, 2.24) is 42.5 Å². The number of carboxylic acids is 1. The van der Waals surface area contributed by atoms with E-state index in [0.29, 0.717) is 5.56 Å². The smallest absolute Gasteiger partial charge is 0.326 e. The third-order valence-corrected chi connectivity index (χ3v) is 11.9. The summed E-state index contributed by atoms with van der Waals surface area (Å²) >= 11 is 0. The average Bonchev–Trinajstić information content (AvgIpc) is 3.32. The number of aliphatic imine (C=N–C) groups is 1. The predicted octanol–water partition coefficient (Wildman–Crippen LogP) is -3.68. The Morgan fingerprint density at radius 3 is 1.49 bits per heavy atom. The fraction of sp³-hybridized carbons (Fsp3) is 0.653. The highest BCUT2D eigenvalue weighted by Gasteiger charge is 2.38. The van der Waals surface area contributed by atoms with Crippen molar-refractivity contribution < 1.29 is 68.4 Å². The predicted molar refractivity (Wildman–Crippen MR) is 279 cm³/mol. The first kappa shape index (κ1) is 66.9. The summed E-state index contributed by atoms with van der Waals surface area (Å²) in [5.41, 5.74) is 22.3. The number of aromatic hydroxyl groups is 1. The van der Waals surface area contributed by atoms with Gasteiger partial charge in [0.15, 0.2) is 5.96 Å². The van der Waals surface area contributed by atoms with Gasteiger partial charge in [0.05, 0.1) is 25.2 Å². The first-order chi connectivity index (χ1) is 35.4. The second kappa shape index (κ2) is 33.0. The summed E-state index contributed by atoms with van der Waals surface area (Å²) < 4.78 is 0. The number of hydrogen-bond donors (Lipinski definition) is 16. The molecule has 0 unspecified atom stereocenters. The van der Waals surface area contributed by atoms with Crippen molar-refractivity contribution in [3.8, 4) is 5.75 Å². The fourth-order valence-electron chi connectivity index (χ4n) is 7.49. The number of aliphatic hydroxyl groups excluding tert-OH is 2. The second-order valence-corrected chi connectivity index (χ2v) is 20.0. The average molecular weight is 1080 g/mol. The summed E-state index contributed by atoms with van der Waals surface area (Å²) in [6.07, 6.45) is -2.03. The molecule has 0 aliphatic heterocycles. The lowest BCUT2D eigenvalue weighted by Gasteiger charge is -2.30. The van der Waals surface area contributed by atoms with Gasteiger partial charge >= 0.3 is 5.97 Å². The molecule has 27 nitrogen and oxygen atoms in total. The molecule has 1 aromatic carbocycles. The summed E-state index contributed by atoms with van der Waals surface area (Å²) in [7, 11) is 0. The normalized spacial score (nSPS) is 15.6. The van der Waals surface area contributed by atoms with Crippen LogP contribution in [-0.4, -0.2) is 159 Å². The summed E-state index contributed by atoms with van der Waals surface area (Å²) in [5.74, 6) is -11.6. The highest BCUT2D eigenvalue weighted by molar-refractivity contribution is 5.98. The first-order valence-electron chi connectivity index (χ1n) is 25.2. The Kier molecular flexibility index (Phi) is 29.1. The molecule has 1 rings (SSSR count). The lowest BCUT2D eigenvalue weighted by atomic mass is 9.97. The van der Waals surface area contributed by atoms with Gasteiger partial charge in [-0.25, -0.2) is 4.79 Å². The third kappa shape index (κ3) is 24.0. The van der Waals surface area contributed by atoms with Gasteiger partial charge in [-0.2, -0.15) is 0 Å². The molecule has 0 aliphatic carbocycles. The minimum absolute atomic E-state index is 0.00997. The van der Waals surface area contributed by atoms with E-state index in [1.807, 2.05) is 0 Å². The van der Waals surface area contributed by atoms with Crippen LogP contribution in [0.5, 0.6) is 5.75 Å². The summed E-state index contributed by atoms with van der Waals surface area (Å²) in [6, 6.07) is -7.53. The highest BCUT2D eigenvalue weighted by atomic mass is 16.4. The molecule has 9 amide bonds. The van der Waals surface area contributed by atoms with Crippen molar-refractivity contribution in [1.29, 1.82) is 0 Å². The van der Waals surface area contributed by atoms with Crippen LogP contribution in [0.4, 0.5) is 0 Å². The molecule has 1 aromatic rings. The third-order valence-electron chi connectivity index (χ3n) is 11.9. The number of carboxylic acid groups (broad SMARTS) is 1. The van der Waals surface area contributed by atoms with Gasteiger partial charge in [0, 0.05) is 13.0 Å². The Labute approximate surface area is 443 Å². The molecule has 0 aromatic heterocycles. The molecular formula is C49H83N13O14. The van der Waals surface area contributed by atoms with Crippen LogP contribution in [0.1, 0.15) is 106 Å². The lowest BCUT2D eigenvalue weighted by molar-refractivity contribution is -0.143. The molecule has 0 fully saturated rings. The van der Waals surface area contributed by atoms with E-state index in [4.69, 9.17) is 22.9 Å². The zero-order valence-electron chi connectivity index (χ0n) is 44.9. The molecule has 0 saturated heterocycles. The molecule has 0 saturated carbocycles. The molecular weight excluding hydrogens is 995 g/mol. The summed E-state index contributed by atoms with van der Waals surface area (Å²) in [4.78, 5) is 137. The number of aliphatic hydroxyl groups is 2. The second-order valence-electron chi connectivity index (χ2n) is 20.0. The number of rotatable bonds is 34. The number of nitrogens with one attached hydrogen (secondary N) is 8. The maximum absolute atomic E-state index is 14.1. The molecule has 27 heteroatoms. The number of hydrogen-bond acceptors (Lipinski definition) is 15. The minimum Gasteiger partial charge on any atom is -0.508 e. The van der Waals surface area contributed by atoms with Crippen LogP contribution >= 0.6 is 0 Å². The fourth-order valence-corrected chi connectivity index (χ4v) is 7.49. The molecule has 0 radical (unpaired) electrons. The number of carbonyl (C=O) groups is 10. The molecule has 428 valence electrons. The zero-order valence-corrected chi connectivity index (χ0v) is 44.9. The molecule has 0 bridgehead atoms. The van der Waals surface area contributed by atoms with Crippen molar-refractivity contribution in [2.75, 3.05) is 13.2 Å². The van der Waals surface area contributed by atoms with E-state index in [1.165, 1.54) is 31.2 Å². The molecule has 20 N–H and O–H groups in total. The van der Waals surface area contributed by atoms with Crippen LogP contribution in [0.15, 0.2) is 29.3 Å². The van der Waals surface area contributed by atoms with E-state index in [0.717, 1.165) is 0 Å². The minimum atomic E-state index is -1.79. The van der Waals surface area contributed by atoms with Gasteiger partial charge in [0.1, 0.15) is 54.1 Å². The van der Waals surface area contributed by atoms with E-state index >= 15 is 0 Å². The van der Waals surface area contributed by atoms with Gasteiger partial charge in [-0.1, -0.05) is 73.9 Å². The van der Waals surface area contributed by atoms with Crippen molar-refractivity contribution >= 4 is 65.1 Å². The van der Waals surface area contributed by atoms with E-state index in [9.17, 15) is 68.4 Å². The highest BCUT2D eigenvalue weighted by Crippen LogP contribution is 2.15. The van der Waals surface area contributed by atoms with Crippen LogP contribution in [0.2, 0.25) is 0 Å². The number of carbonyl (C=O) groups excluding carboxylic acids is 9. The molecule has 0 spiro atoms. The summed E-state index contributed by atoms with van der Waals surface area (Å²) in [6.45, 7) is 13.7. The number of primary amides is 1. The molecule has 0 aliphatic rings. The van der Waals surface area contributed by atoms with Crippen LogP contribution in [-0.2, 0) is 54.4 Å². The van der Waals surface area contributed by atoms with Crippen LogP contribution in [0, 0.1) is 23.7 Å². The molecule has 11 atom stereocenters. The number of aliphatic carboxylic acids is 1. The Bertz CT molecular complexity index is 2150. The quantitative estimate of drug-likeness (QED) is 0.0180. The van der Waals surface area contributed by atoms with E-state index < -0.39 is 144 Å². The number of phenols is 1. The van der Waals surface area contributed by atoms with Gasteiger partial charge in [-0.05, 0) is 74.0 Å². The van der Waals surface area contributed by atoms with Gasteiger partial charge in [-0.15, -0.1) is 0 Å². The Hall–Kier alpha value is -7.13. The van der Waals surface area contributed by atoms with Crippen LogP contribution < -0.4 is 65.5 Å². The van der Waals surface area contributed by atoms with Gasteiger partial charge in [0.2, 0.25) is 53.2 Å². The number of phenolic OH excluding ortho intramolecular Hbond substituents is 1. The van der Waals surface area contributed by atoms with Crippen molar-refractivity contribution in [2.45, 2.75) is 168 Å². The van der Waals surface area contributed by atoms with Gasteiger partial charge in [0.25, 0.3) is 0 Å². The number of guanidine groups is 1. The van der Waals surface area contributed by atoms with E-state index in [-0.39, 0.29) is 68.6 Å². The zero-order chi connectivity index (χ0) is 58.1. The molecule has 0 heterocycles. The maximum atomic E-state index is 14.1. The van der Waals surface area contributed by atoms with Gasteiger partial charge < -0.3 is 85.9 Å². The van der Waals surface area contributed by atoms with Crippen molar-refractivity contribution in [3.05, 3.63) is 29.8 Å². The van der Waals surface area contributed by atoms with Crippen LogP contribution in [0.3, 0.4) is 0 Å². The standard InChI is InChI=1S/C49H83N13O14/c1-10-26(8)38(61-45(72)35(22-63)59-41(68)31(12-11-17-54-49(52)53)55-42(69)32(18-23(2)3)56-40(67)30(50)21-36(51)66)46(73)62-39(27(9)64)47(74)58-34(20-28-13-15-29(65)16-14-28)43(70)57-33(19-24(4)5)44(71)60-37(25(6)7)48(75)76/h13-16,23-27,30-35,37-39,63-65H,10-12,17-22,50H2,1-9H3,(H2,51,66)(H,55,69)(H,56,67)(H,57,70)(H,58,74)(H,59,68)(H,60,71)(H,61,72)(H,62,73)(H,75,76)(H4,52,53,54)/t26-,27+,30-,31-,32-,33-,34-,35-,37-,38-,39-/m0/s1. The van der Waals surface area contributed by atoms with Gasteiger partial charge in [-0.3, -0.25) is 48.1 Å². The largest absolute Gasteiger partial charge is 0.508 e. The van der Waals surface area contributed by atoms with E-state index in [1.54, 1.807) is 55.4 Å². The van der Waals surface area contributed by atoms with Crippen LogP contribution in [0.25, 0.3) is 0 Å². The summed E-state index contributed by atoms with van der Waals surface area (Å²) in [5, 5.41) is 60.8. The maximum Gasteiger partial charge on any atom is 0.326 e. The number of nitrogens with two attached hydrogens (primary N) is 4. The van der Waals surface area contributed by atoms with Crippen molar-refractivity contribution in [3.63, 3.8) is 0 Å². The Morgan fingerprint density at radius 2 is 1.01 bits per heavy atom. The molecule has 76 heavy (non-hydrogen) atoms. The number of benzene rings is 1. The lowest BCUT2D eigenvalue weighted by Crippen LogP contribution is -2.63. The van der Waals surface area contributed by atoms with E-state index in [2.05, 4.69) is 47.5 Å². The number of nitrogens with zero attached hydrogens (tertiary/aromatic N) is 1. The monoisotopic (exact) mass is 1080 g/mol. The SMILES string of the molecule is CC[C@H](C)[C@H](NC(=O)[C@H](CO)NC(=O)[C@H](CCCN=C(N)N)NC(=O)[C@H](CC(C)C)NC(=O)[C@@H](N)CC(N)=O)C(=O)N[C@H](C(=O)N[C@@H](Cc1ccc(O)cc1)C(=O)N[C@@H](CC(C)C)C(=O)N[C@H](C(=O)O)C(C)C)[C@@H](C)O. The topological polar surface area (TPSA) is 464 Å².